The van der Waals surface area contributed by atoms with Gasteiger partial charge >= 0.3 is 0 Å². The van der Waals surface area contributed by atoms with Crippen molar-refractivity contribution in [3.63, 3.8) is 0 Å². The summed E-state index contributed by atoms with van der Waals surface area (Å²) in [6.45, 7) is 7.56. The number of amides is 1. The van der Waals surface area contributed by atoms with Crippen LogP contribution in [-0.4, -0.2) is 5.91 Å². The van der Waals surface area contributed by atoms with Gasteiger partial charge in [-0.2, -0.15) is 0 Å². The first-order valence-corrected chi connectivity index (χ1v) is 4.52. The van der Waals surface area contributed by atoms with Crippen LogP contribution in [0.5, 0.6) is 0 Å². The lowest BCUT2D eigenvalue weighted by atomic mass is 10.3. The van der Waals surface area contributed by atoms with E-state index in [0.29, 0.717) is 12.1 Å². The summed E-state index contributed by atoms with van der Waals surface area (Å²) in [5, 5.41) is 2.65. The maximum atomic E-state index is 10.9. The molecule has 0 radical (unpaired) electrons. The van der Waals surface area contributed by atoms with E-state index in [1.54, 1.807) is 6.08 Å². The maximum absolute atomic E-state index is 10.9. The van der Waals surface area contributed by atoms with E-state index in [2.05, 4.69) is 18.8 Å². The van der Waals surface area contributed by atoms with E-state index in [1.807, 2.05) is 25.2 Å². The van der Waals surface area contributed by atoms with Gasteiger partial charge in [-0.05, 0) is 12.5 Å². The van der Waals surface area contributed by atoms with Crippen molar-refractivity contribution in [1.82, 2.24) is 5.32 Å². The second kappa shape index (κ2) is 7.35. The number of rotatable bonds is 5. The van der Waals surface area contributed by atoms with Crippen molar-refractivity contribution < 1.29 is 4.79 Å². The average molecular weight is 179 g/mol. The molecule has 0 bridgehead atoms. The highest BCUT2D eigenvalue weighted by Crippen LogP contribution is 1.90. The lowest BCUT2D eigenvalue weighted by Gasteiger charge is -2.00. The molecule has 2 heteroatoms. The molecule has 0 aliphatic heterocycles. The molecule has 0 heterocycles. The Bertz CT molecular complexity index is 226. The van der Waals surface area contributed by atoms with Gasteiger partial charge in [0.2, 0.25) is 5.91 Å². The van der Waals surface area contributed by atoms with Gasteiger partial charge in [0, 0.05) is 12.1 Å². The largest absolute Gasteiger partial charge is 0.327 e. The molecule has 72 valence electrons. The first-order chi connectivity index (χ1) is 6.20. The standard InChI is InChI=1S/C11H17NO/c1-4-6-7-8-9-10(3)12-11(13)5-2/h6-9H,3-5H2,1-2H3,(H,12,13)/b7-6-,9-8-. The Hall–Kier alpha value is -1.31. The Morgan fingerprint density at radius 3 is 2.62 bits per heavy atom. The summed E-state index contributed by atoms with van der Waals surface area (Å²) in [6, 6.07) is 0. The Kier molecular flexibility index (Phi) is 6.60. The van der Waals surface area contributed by atoms with Gasteiger partial charge in [0.15, 0.2) is 0 Å². The van der Waals surface area contributed by atoms with Crippen LogP contribution in [0.25, 0.3) is 0 Å². The van der Waals surface area contributed by atoms with Gasteiger partial charge in [-0.15, -0.1) is 0 Å². The minimum atomic E-state index is -0.00544. The van der Waals surface area contributed by atoms with Crippen LogP contribution in [0.2, 0.25) is 0 Å². The van der Waals surface area contributed by atoms with Crippen LogP contribution in [0.4, 0.5) is 0 Å². The summed E-state index contributed by atoms with van der Waals surface area (Å²) in [5.74, 6) is -0.00544. The van der Waals surface area contributed by atoms with Crippen molar-refractivity contribution in [2.45, 2.75) is 26.7 Å². The van der Waals surface area contributed by atoms with Crippen LogP contribution in [0.1, 0.15) is 26.7 Å². The lowest BCUT2D eigenvalue weighted by molar-refractivity contribution is -0.119. The van der Waals surface area contributed by atoms with Gasteiger partial charge in [-0.25, -0.2) is 0 Å². The number of hydrogen-bond acceptors (Lipinski definition) is 1. The molecule has 1 amide bonds. The minimum Gasteiger partial charge on any atom is -0.327 e. The third kappa shape index (κ3) is 7.06. The van der Waals surface area contributed by atoms with Crippen molar-refractivity contribution in [3.8, 4) is 0 Å². The number of nitrogens with one attached hydrogen (secondary N) is 1. The van der Waals surface area contributed by atoms with Gasteiger partial charge in [0.25, 0.3) is 0 Å². The van der Waals surface area contributed by atoms with Crippen molar-refractivity contribution in [1.29, 1.82) is 0 Å². The molecule has 0 aromatic heterocycles. The smallest absolute Gasteiger partial charge is 0.224 e. The van der Waals surface area contributed by atoms with E-state index in [-0.39, 0.29) is 5.91 Å². The first kappa shape index (κ1) is 11.7. The molecule has 13 heavy (non-hydrogen) atoms. The number of carbonyl (C=O) groups excluding carboxylic acids is 1. The van der Waals surface area contributed by atoms with E-state index in [1.165, 1.54) is 0 Å². The van der Waals surface area contributed by atoms with Crippen molar-refractivity contribution in [2.24, 2.45) is 0 Å². The second-order valence-electron chi connectivity index (χ2n) is 2.62. The molecule has 0 aromatic rings. The van der Waals surface area contributed by atoms with Gasteiger partial charge in [-0.3, -0.25) is 4.79 Å². The zero-order chi connectivity index (χ0) is 10.1. The van der Waals surface area contributed by atoms with Crippen molar-refractivity contribution >= 4 is 5.91 Å². The fourth-order valence-electron chi connectivity index (χ4n) is 0.695. The lowest BCUT2D eigenvalue weighted by Crippen LogP contribution is -2.19. The van der Waals surface area contributed by atoms with E-state index < -0.39 is 0 Å². The Balaban J connectivity index is 3.80. The van der Waals surface area contributed by atoms with E-state index >= 15 is 0 Å². The summed E-state index contributed by atoms with van der Waals surface area (Å²) in [4.78, 5) is 10.9. The van der Waals surface area contributed by atoms with Gasteiger partial charge in [-0.1, -0.05) is 38.7 Å². The number of carbonyl (C=O) groups is 1. The molecule has 0 saturated heterocycles. The molecule has 0 rings (SSSR count). The Labute approximate surface area is 80.0 Å². The molecule has 0 aliphatic rings. The Morgan fingerprint density at radius 1 is 1.38 bits per heavy atom. The van der Waals surface area contributed by atoms with Crippen LogP contribution in [-0.2, 0) is 4.79 Å². The van der Waals surface area contributed by atoms with Crippen LogP contribution >= 0.6 is 0 Å². The molecule has 0 aromatic carbocycles. The van der Waals surface area contributed by atoms with Gasteiger partial charge in [0.1, 0.15) is 0 Å². The van der Waals surface area contributed by atoms with Gasteiger partial charge in [0.05, 0.1) is 0 Å². The molecular weight excluding hydrogens is 162 g/mol. The topological polar surface area (TPSA) is 29.1 Å². The molecule has 2 nitrogen and oxygen atoms in total. The molecule has 0 unspecified atom stereocenters. The van der Waals surface area contributed by atoms with Crippen molar-refractivity contribution in [3.05, 3.63) is 36.6 Å². The van der Waals surface area contributed by atoms with E-state index in [4.69, 9.17) is 0 Å². The predicted molar refractivity (Wildman–Crippen MR) is 56.1 cm³/mol. The maximum Gasteiger partial charge on any atom is 0.224 e. The highest BCUT2D eigenvalue weighted by atomic mass is 16.1. The molecular formula is C11H17NO. The highest BCUT2D eigenvalue weighted by molar-refractivity contribution is 5.77. The van der Waals surface area contributed by atoms with Crippen LogP contribution in [0.15, 0.2) is 36.6 Å². The van der Waals surface area contributed by atoms with Crippen LogP contribution in [0, 0.1) is 0 Å². The minimum absolute atomic E-state index is 0.00544. The fourth-order valence-corrected chi connectivity index (χ4v) is 0.695. The van der Waals surface area contributed by atoms with E-state index in [0.717, 1.165) is 6.42 Å². The second-order valence-corrected chi connectivity index (χ2v) is 2.62. The normalized spacial score (nSPS) is 10.9. The summed E-state index contributed by atoms with van der Waals surface area (Å²) in [7, 11) is 0. The van der Waals surface area contributed by atoms with Crippen LogP contribution < -0.4 is 5.32 Å². The predicted octanol–water partition coefficient (Wildman–Crippen LogP) is 2.55. The molecule has 0 spiro atoms. The highest BCUT2D eigenvalue weighted by Gasteiger charge is 1.94. The Morgan fingerprint density at radius 2 is 2.08 bits per heavy atom. The van der Waals surface area contributed by atoms with Crippen molar-refractivity contribution in [2.75, 3.05) is 0 Å². The molecule has 1 N–H and O–H groups in total. The zero-order valence-electron chi connectivity index (χ0n) is 8.34. The summed E-state index contributed by atoms with van der Waals surface area (Å²) in [5.41, 5.74) is 0.632. The van der Waals surface area contributed by atoms with E-state index in [9.17, 15) is 4.79 Å². The summed E-state index contributed by atoms with van der Waals surface area (Å²) < 4.78 is 0. The third-order valence-electron chi connectivity index (χ3n) is 1.40. The molecule has 0 fully saturated rings. The van der Waals surface area contributed by atoms with Crippen LogP contribution in [0.3, 0.4) is 0 Å². The van der Waals surface area contributed by atoms with Gasteiger partial charge < -0.3 is 5.32 Å². The average Bonchev–Trinajstić information content (AvgIpc) is 2.12. The summed E-state index contributed by atoms with van der Waals surface area (Å²) >= 11 is 0. The number of hydrogen-bond donors (Lipinski definition) is 1. The molecule has 0 saturated carbocycles. The fraction of sp³-hybridized carbons (Fsp3) is 0.364. The quantitative estimate of drug-likeness (QED) is 0.646. The third-order valence-corrected chi connectivity index (χ3v) is 1.40. The number of allylic oxidation sites excluding steroid dienone is 4. The molecule has 0 aliphatic carbocycles. The SMILES string of the molecule is C=C(/C=C\C=C/CC)NC(=O)CC. The summed E-state index contributed by atoms with van der Waals surface area (Å²) in [6.07, 6.45) is 9.10. The monoisotopic (exact) mass is 179 g/mol. The first-order valence-electron chi connectivity index (χ1n) is 4.52. The molecule has 0 atom stereocenters. The zero-order valence-corrected chi connectivity index (χ0v) is 8.34.